The van der Waals surface area contributed by atoms with Gasteiger partial charge in [-0.1, -0.05) is 29.8 Å². The van der Waals surface area contributed by atoms with Crippen LogP contribution in [0.15, 0.2) is 30.3 Å². The largest absolute Gasteiger partial charge is 0.480 e. The molecule has 0 spiro atoms. The van der Waals surface area contributed by atoms with Gasteiger partial charge in [0.05, 0.1) is 5.69 Å². The van der Waals surface area contributed by atoms with E-state index in [0.29, 0.717) is 5.69 Å². The van der Waals surface area contributed by atoms with Crippen LogP contribution in [0.25, 0.3) is 0 Å². The van der Waals surface area contributed by atoms with E-state index in [0.717, 1.165) is 4.42 Å². The standard InChI is InChI=1S/C16H19Cl2N3O6S/c17-16(15(26)27,21(18)10-4-2-1-3-5-10)7-6-12(22)20-11(9-28)14(25)19-8-13(23)24/h1-5,11,28H,6-9H2,(H,19,25)(H,20,22)(H,23,24)(H,26,27)/t11-,16-/m0/s1. The van der Waals surface area contributed by atoms with Crippen molar-refractivity contribution in [1.29, 1.82) is 0 Å². The Morgan fingerprint density at radius 1 is 1.18 bits per heavy atom. The van der Waals surface area contributed by atoms with Gasteiger partial charge in [0.25, 0.3) is 0 Å². The molecule has 0 aromatic heterocycles. The predicted octanol–water partition coefficient (Wildman–Crippen LogP) is 1.06. The molecule has 0 aliphatic rings. The number of hydrogen-bond donors (Lipinski definition) is 5. The Bertz CT molecular complexity index is 724. The average molecular weight is 452 g/mol. The fraction of sp³-hybridized carbons (Fsp3) is 0.375. The Balaban J connectivity index is 2.74. The highest BCUT2D eigenvalue weighted by atomic mass is 35.5. The normalized spacial score (nSPS) is 13.7. The van der Waals surface area contributed by atoms with Crippen molar-refractivity contribution in [3.63, 3.8) is 0 Å². The second-order valence-corrected chi connectivity index (χ2v) is 6.92. The summed E-state index contributed by atoms with van der Waals surface area (Å²) in [5.74, 6) is -4.19. The number of aliphatic carboxylic acids is 2. The van der Waals surface area contributed by atoms with E-state index in [-0.39, 0.29) is 18.6 Å². The Morgan fingerprint density at radius 2 is 1.79 bits per heavy atom. The Hall–Kier alpha value is -2.17. The highest BCUT2D eigenvalue weighted by Crippen LogP contribution is 2.34. The molecular formula is C16H19Cl2N3O6S. The number of nitrogens with one attached hydrogen (secondary N) is 2. The molecule has 1 aromatic carbocycles. The van der Waals surface area contributed by atoms with Gasteiger partial charge in [-0.25, -0.2) is 4.79 Å². The van der Waals surface area contributed by atoms with Gasteiger partial charge in [-0.3, -0.25) is 18.8 Å². The van der Waals surface area contributed by atoms with Crippen molar-refractivity contribution < 1.29 is 29.4 Å². The van der Waals surface area contributed by atoms with Gasteiger partial charge in [-0.05, 0) is 12.1 Å². The zero-order valence-electron chi connectivity index (χ0n) is 14.5. The molecule has 12 heteroatoms. The maximum absolute atomic E-state index is 12.1. The van der Waals surface area contributed by atoms with Gasteiger partial charge >= 0.3 is 11.9 Å². The maximum atomic E-state index is 12.1. The van der Waals surface area contributed by atoms with E-state index in [1.165, 1.54) is 0 Å². The van der Waals surface area contributed by atoms with E-state index in [1.807, 2.05) is 0 Å². The number of halogens is 2. The van der Waals surface area contributed by atoms with Crippen LogP contribution in [0.1, 0.15) is 12.8 Å². The number of carbonyl (C=O) groups is 4. The quantitative estimate of drug-likeness (QED) is 0.147. The molecule has 154 valence electrons. The zero-order valence-corrected chi connectivity index (χ0v) is 16.9. The highest BCUT2D eigenvalue weighted by molar-refractivity contribution is 7.80. The van der Waals surface area contributed by atoms with Crippen molar-refractivity contribution in [3.8, 4) is 0 Å². The highest BCUT2D eigenvalue weighted by Gasteiger charge is 2.43. The molecule has 0 aliphatic carbocycles. The lowest BCUT2D eigenvalue weighted by Crippen LogP contribution is -2.50. The lowest BCUT2D eigenvalue weighted by Gasteiger charge is -2.31. The first kappa shape index (κ1) is 23.9. The number of hydrogen-bond acceptors (Lipinski definition) is 6. The van der Waals surface area contributed by atoms with Crippen LogP contribution in [0.5, 0.6) is 0 Å². The number of carboxylic acids is 2. The lowest BCUT2D eigenvalue weighted by molar-refractivity contribution is -0.140. The fourth-order valence-corrected chi connectivity index (χ4v) is 2.80. The summed E-state index contributed by atoms with van der Waals surface area (Å²) < 4.78 is 0.819. The summed E-state index contributed by atoms with van der Waals surface area (Å²) in [5, 5.41) is 22.5. The first-order valence-corrected chi connectivity index (χ1v) is 9.29. The van der Waals surface area contributed by atoms with Crippen molar-refractivity contribution >= 4 is 65.4 Å². The van der Waals surface area contributed by atoms with Crippen LogP contribution in [0.4, 0.5) is 5.69 Å². The minimum atomic E-state index is -2.11. The number of nitrogens with zero attached hydrogens (tertiary/aromatic N) is 1. The topological polar surface area (TPSA) is 136 Å². The molecule has 1 aromatic rings. The van der Waals surface area contributed by atoms with Gasteiger partial charge in [-0.15, -0.1) is 0 Å². The van der Waals surface area contributed by atoms with E-state index >= 15 is 0 Å². The molecule has 0 unspecified atom stereocenters. The molecule has 28 heavy (non-hydrogen) atoms. The summed E-state index contributed by atoms with van der Waals surface area (Å²) in [5.41, 5.74) is 0.322. The fourth-order valence-electron chi connectivity index (χ4n) is 2.08. The van der Waals surface area contributed by atoms with Gasteiger partial charge in [-0.2, -0.15) is 12.6 Å². The molecule has 0 saturated carbocycles. The summed E-state index contributed by atoms with van der Waals surface area (Å²) in [6, 6.07) is 7.01. The molecule has 2 atom stereocenters. The van der Waals surface area contributed by atoms with E-state index in [2.05, 4.69) is 23.3 Å². The number of thiol groups is 1. The second-order valence-electron chi connectivity index (χ2n) is 5.60. The van der Waals surface area contributed by atoms with Gasteiger partial charge in [0.2, 0.25) is 16.8 Å². The minimum absolute atomic E-state index is 0.0895. The first-order valence-electron chi connectivity index (χ1n) is 7.95. The molecule has 0 saturated heterocycles. The molecule has 9 nitrogen and oxygen atoms in total. The van der Waals surface area contributed by atoms with E-state index in [1.54, 1.807) is 30.3 Å². The third-order valence-electron chi connectivity index (χ3n) is 3.55. The van der Waals surface area contributed by atoms with Crippen molar-refractivity contribution in [2.45, 2.75) is 23.9 Å². The van der Waals surface area contributed by atoms with E-state index in [9.17, 15) is 24.3 Å². The Morgan fingerprint density at radius 3 is 2.29 bits per heavy atom. The number of carbonyl (C=O) groups excluding carboxylic acids is 2. The third kappa shape index (κ3) is 6.77. The average Bonchev–Trinajstić information content (AvgIpc) is 2.68. The molecule has 0 heterocycles. The molecule has 0 bridgehead atoms. The van der Waals surface area contributed by atoms with Crippen LogP contribution in [-0.4, -0.2) is 57.3 Å². The molecular weight excluding hydrogens is 433 g/mol. The monoisotopic (exact) mass is 451 g/mol. The summed E-state index contributed by atoms with van der Waals surface area (Å²) in [6.07, 6.45) is -0.730. The van der Waals surface area contributed by atoms with Crippen LogP contribution < -0.4 is 15.1 Å². The first-order chi connectivity index (χ1) is 13.1. The smallest absolute Gasteiger partial charge is 0.346 e. The van der Waals surface area contributed by atoms with Gasteiger partial charge in [0.15, 0.2) is 0 Å². The summed E-state index contributed by atoms with van der Waals surface area (Å²) in [7, 11) is 0. The van der Waals surface area contributed by atoms with Crippen molar-refractivity contribution in [2.75, 3.05) is 16.7 Å². The summed E-state index contributed by atoms with van der Waals surface area (Å²) in [4.78, 5) is 44.0. The molecule has 0 fully saturated rings. The second kappa shape index (κ2) is 11.0. The summed E-state index contributed by atoms with van der Waals surface area (Å²) in [6.45, 7) is -0.610. The van der Waals surface area contributed by atoms with Gasteiger partial charge < -0.3 is 20.8 Å². The van der Waals surface area contributed by atoms with Crippen LogP contribution >= 0.6 is 36.0 Å². The van der Waals surface area contributed by atoms with Crippen molar-refractivity contribution in [2.24, 2.45) is 0 Å². The Kier molecular flexibility index (Phi) is 9.36. The van der Waals surface area contributed by atoms with E-state index < -0.39 is 41.3 Å². The number of para-hydroxylation sites is 1. The van der Waals surface area contributed by atoms with Gasteiger partial charge in [0.1, 0.15) is 12.6 Å². The molecule has 0 radical (unpaired) electrons. The predicted molar refractivity (Wildman–Crippen MR) is 107 cm³/mol. The Labute approximate surface area is 176 Å². The number of benzene rings is 1. The van der Waals surface area contributed by atoms with Crippen molar-refractivity contribution in [3.05, 3.63) is 30.3 Å². The minimum Gasteiger partial charge on any atom is -0.480 e. The molecule has 1 rings (SSSR count). The van der Waals surface area contributed by atoms with Crippen molar-refractivity contribution in [1.82, 2.24) is 10.6 Å². The molecule has 4 N–H and O–H groups in total. The number of alkyl halides is 1. The maximum Gasteiger partial charge on any atom is 0.346 e. The zero-order chi connectivity index (χ0) is 21.3. The number of rotatable bonds is 11. The summed E-state index contributed by atoms with van der Waals surface area (Å²) >= 11 is 16.2. The van der Waals surface area contributed by atoms with Gasteiger partial charge in [0, 0.05) is 30.4 Å². The van der Waals surface area contributed by atoms with Crippen LogP contribution in [0.2, 0.25) is 0 Å². The number of carboxylic acid groups (broad SMARTS) is 2. The SMILES string of the molecule is O=C(O)CNC(=O)[C@H](CS)NC(=O)CC[C@@](Cl)(C(=O)O)N(Cl)c1ccccc1. The number of amides is 2. The number of anilines is 1. The third-order valence-corrected chi connectivity index (χ3v) is 5.01. The molecule has 2 amide bonds. The van der Waals surface area contributed by atoms with Crippen LogP contribution in [0.3, 0.4) is 0 Å². The lowest BCUT2D eigenvalue weighted by atomic mass is 10.1. The van der Waals surface area contributed by atoms with Crippen LogP contribution in [-0.2, 0) is 19.2 Å². The molecule has 0 aliphatic heterocycles. The van der Waals surface area contributed by atoms with E-state index in [4.69, 9.17) is 28.5 Å². The van der Waals surface area contributed by atoms with Crippen LogP contribution in [0, 0.1) is 0 Å².